The number of amides is 1. The molecule has 1 aliphatic carbocycles. The number of halogens is 2. The fraction of sp³-hybridized carbons (Fsp3) is 0.562. The second kappa shape index (κ2) is 5.37. The van der Waals surface area contributed by atoms with Gasteiger partial charge in [-0.2, -0.15) is 0 Å². The van der Waals surface area contributed by atoms with Gasteiger partial charge in [0.05, 0.1) is 0 Å². The molecule has 5 heteroatoms. The molecule has 1 saturated carbocycles. The number of alkyl halides is 2. The van der Waals surface area contributed by atoms with Crippen molar-refractivity contribution in [3.05, 3.63) is 35.9 Å². The topological polar surface area (TPSA) is 46.3 Å². The van der Waals surface area contributed by atoms with E-state index in [9.17, 15) is 13.6 Å². The second-order valence-electron chi connectivity index (χ2n) is 6.22. The lowest BCUT2D eigenvalue weighted by atomic mass is 9.80. The predicted octanol–water partition coefficient (Wildman–Crippen LogP) is 2.23. The number of carbonyl (C=O) groups excluding carboxylic acids is 1. The maximum atomic E-state index is 12.9. The summed E-state index contributed by atoms with van der Waals surface area (Å²) in [6.07, 6.45) is -0.600. The van der Waals surface area contributed by atoms with E-state index in [1.54, 1.807) is 4.90 Å². The third-order valence-corrected chi connectivity index (χ3v) is 4.72. The van der Waals surface area contributed by atoms with Gasteiger partial charge >= 0.3 is 0 Å². The molecule has 1 saturated heterocycles. The summed E-state index contributed by atoms with van der Waals surface area (Å²) in [7, 11) is 0. The molecular formula is C16H20F2N2O. The van der Waals surface area contributed by atoms with Crippen LogP contribution >= 0.6 is 0 Å². The number of hydrogen-bond acceptors (Lipinski definition) is 2. The number of rotatable bonds is 3. The van der Waals surface area contributed by atoms with Gasteiger partial charge in [0, 0.05) is 37.8 Å². The average molecular weight is 294 g/mol. The van der Waals surface area contributed by atoms with Crippen LogP contribution in [0.2, 0.25) is 0 Å². The highest BCUT2D eigenvalue weighted by Gasteiger charge is 2.51. The SMILES string of the molecule is NC[C@@H]1CN(C(=O)C2CC(F)(F)C2)C[C@H]1c1ccccc1. The van der Waals surface area contributed by atoms with E-state index in [0.29, 0.717) is 19.6 Å². The first-order valence-corrected chi connectivity index (χ1v) is 7.42. The zero-order valence-corrected chi connectivity index (χ0v) is 11.8. The van der Waals surface area contributed by atoms with Crippen molar-refractivity contribution >= 4 is 5.91 Å². The molecule has 0 radical (unpaired) electrons. The molecule has 0 spiro atoms. The molecule has 0 bridgehead atoms. The van der Waals surface area contributed by atoms with E-state index in [1.165, 1.54) is 5.56 Å². The molecule has 1 heterocycles. The Labute approximate surface area is 123 Å². The molecule has 1 aromatic rings. The highest BCUT2D eigenvalue weighted by molar-refractivity contribution is 5.80. The maximum Gasteiger partial charge on any atom is 0.249 e. The van der Waals surface area contributed by atoms with Crippen LogP contribution in [-0.2, 0) is 4.79 Å². The Hall–Kier alpha value is -1.49. The molecule has 2 N–H and O–H groups in total. The van der Waals surface area contributed by atoms with Crippen molar-refractivity contribution in [3.8, 4) is 0 Å². The van der Waals surface area contributed by atoms with Gasteiger partial charge in [-0.05, 0) is 18.0 Å². The minimum atomic E-state index is -2.65. The van der Waals surface area contributed by atoms with Crippen molar-refractivity contribution in [2.24, 2.45) is 17.6 Å². The molecule has 0 aromatic heterocycles. The zero-order chi connectivity index (χ0) is 15.0. The summed E-state index contributed by atoms with van der Waals surface area (Å²) in [5, 5.41) is 0. The molecule has 1 aromatic carbocycles. The number of nitrogens with two attached hydrogens (primary N) is 1. The first kappa shape index (κ1) is 14.4. The lowest BCUT2D eigenvalue weighted by Gasteiger charge is -2.36. The Kier molecular flexibility index (Phi) is 3.69. The smallest absolute Gasteiger partial charge is 0.249 e. The summed E-state index contributed by atoms with van der Waals surface area (Å²) < 4.78 is 25.9. The van der Waals surface area contributed by atoms with Gasteiger partial charge < -0.3 is 10.6 Å². The van der Waals surface area contributed by atoms with E-state index < -0.39 is 11.8 Å². The van der Waals surface area contributed by atoms with Crippen molar-refractivity contribution in [2.75, 3.05) is 19.6 Å². The van der Waals surface area contributed by atoms with Crippen LogP contribution in [0.1, 0.15) is 24.3 Å². The summed E-state index contributed by atoms with van der Waals surface area (Å²) in [4.78, 5) is 14.0. The van der Waals surface area contributed by atoms with E-state index in [1.807, 2.05) is 30.3 Å². The standard InChI is InChI=1S/C16H20F2N2O/c17-16(18)6-12(7-16)15(21)20-9-13(8-19)14(10-20)11-4-2-1-3-5-11/h1-5,12-14H,6-10,19H2/t13-,14+/m1/s1. The van der Waals surface area contributed by atoms with Crippen LogP contribution in [0.5, 0.6) is 0 Å². The Morgan fingerprint density at radius 2 is 1.90 bits per heavy atom. The molecule has 2 atom stereocenters. The van der Waals surface area contributed by atoms with Gasteiger partial charge in [-0.1, -0.05) is 30.3 Å². The highest BCUT2D eigenvalue weighted by Crippen LogP contribution is 2.44. The second-order valence-corrected chi connectivity index (χ2v) is 6.22. The zero-order valence-electron chi connectivity index (χ0n) is 11.8. The van der Waals surface area contributed by atoms with Crippen molar-refractivity contribution < 1.29 is 13.6 Å². The lowest BCUT2D eigenvalue weighted by molar-refractivity contribution is -0.159. The first-order chi connectivity index (χ1) is 10.00. The van der Waals surface area contributed by atoms with Gasteiger partial charge in [-0.15, -0.1) is 0 Å². The predicted molar refractivity (Wildman–Crippen MR) is 76.0 cm³/mol. The van der Waals surface area contributed by atoms with Gasteiger partial charge in [-0.25, -0.2) is 8.78 Å². The number of likely N-dealkylation sites (tertiary alicyclic amines) is 1. The van der Waals surface area contributed by atoms with E-state index in [2.05, 4.69) is 0 Å². The summed E-state index contributed by atoms with van der Waals surface area (Å²) >= 11 is 0. The van der Waals surface area contributed by atoms with Crippen molar-refractivity contribution in [1.82, 2.24) is 4.90 Å². The number of carbonyl (C=O) groups is 1. The van der Waals surface area contributed by atoms with Crippen molar-refractivity contribution in [2.45, 2.75) is 24.7 Å². The normalized spacial score (nSPS) is 28.4. The molecule has 3 rings (SSSR count). The average Bonchev–Trinajstić information content (AvgIpc) is 2.89. The van der Waals surface area contributed by atoms with Crippen LogP contribution in [0.15, 0.2) is 30.3 Å². The third kappa shape index (κ3) is 2.79. The Bertz CT molecular complexity index is 512. The van der Waals surface area contributed by atoms with Gasteiger partial charge in [0.15, 0.2) is 0 Å². The monoisotopic (exact) mass is 294 g/mol. The molecular weight excluding hydrogens is 274 g/mol. The third-order valence-electron chi connectivity index (χ3n) is 4.72. The van der Waals surface area contributed by atoms with Gasteiger partial charge in [-0.3, -0.25) is 4.79 Å². The molecule has 3 nitrogen and oxygen atoms in total. The molecule has 1 aliphatic heterocycles. The largest absolute Gasteiger partial charge is 0.341 e. The molecule has 2 fully saturated rings. The molecule has 114 valence electrons. The summed E-state index contributed by atoms with van der Waals surface area (Å²) in [6, 6.07) is 9.98. The molecule has 2 aliphatic rings. The summed E-state index contributed by atoms with van der Waals surface area (Å²) in [5.41, 5.74) is 7.00. The summed E-state index contributed by atoms with van der Waals surface area (Å²) in [5.74, 6) is -2.87. The van der Waals surface area contributed by atoms with Crippen LogP contribution in [-0.4, -0.2) is 36.4 Å². The van der Waals surface area contributed by atoms with Crippen molar-refractivity contribution in [3.63, 3.8) is 0 Å². The number of nitrogens with zero attached hydrogens (tertiary/aromatic N) is 1. The molecule has 21 heavy (non-hydrogen) atoms. The Morgan fingerprint density at radius 1 is 1.24 bits per heavy atom. The first-order valence-electron chi connectivity index (χ1n) is 7.42. The minimum Gasteiger partial charge on any atom is -0.341 e. The van der Waals surface area contributed by atoms with Gasteiger partial charge in [0.1, 0.15) is 0 Å². The van der Waals surface area contributed by atoms with E-state index in [4.69, 9.17) is 5.73 Å². The minimum absolute atomic E-state index is 0.127. The van der Waals surface area contributed by atoms with Crippen LogP contribution in [0.3, 0.4) is 0 Å². The number of benzene rings is 1. The van der Waals surface area contributed by atoms with Crippen LogP contribution < -0.4 is 5.73 Å². The van der Waals surface area contributed by atoms with Crippen LogP contribution in [0, 0.1) is 11.8 Å². The van der Waals surface area contributed by atoms with Crippen molar-refractivity contribution in [1.29, 1.82) is 0 Å². The lowest BCUT2D eigenvalue weighted by Crippen LogP contribution is -2.46. The highest BCUT2D eigenvalue weighted by atomic mass is 19.3. The fourth-order valence-electron chi connectivity index (χ4n) is 3.46. The molecule has 1 amide bonds. The summed E-state index contributed by atoms with van der Waals surface area (Å²) in [6.45, 7) is 1.67. The molecule has 0 unspecified atom stereocenters. The van der Waals surface area contributed by atoms with E-state index in [-0.39, 0.29) is 30.6 Å². The Balaban J connectivity index is 1.68. The maximum absolute atomic E-state index is 12.9. The quantitative estimate of drug-likeness (QED) is 0.929. The Morgan fingerprint density at radius 3 is 2.48 bits per heavy atom. The fourth-order valence-corrected chi connectivity index (χ4v) is 3.46. The van der Waals surface area contributed by atoms with Gasteiger partial charge in [0.25, 0.3) is 0 Å². The number of hydrogen-bond donors (Lipinski definition) is 1. The van der Waals surface area contributed by atoms with E-state index in [0.717, 1.165) is 0 Å². The van der Waals surface area contributed by atoms with Crippen LogP contribution in [0.4, 0.5) is 8.78 Å². The van der Waals surface area contributed by atoms with Crippen LogP contribution in [0.25, 0.3) is 0 Å². The van der Waals surface area contributed by atoms with Gasteiger partial charge in [0.2, 0.25) is 11.8 Å². The van der Waals surface area contributed by atoms with E-state index >= 15 is 0 Å².